The van der Waals surface area contributed by atoms with E-state index in [-0.39, 0.29) is 8.41 Å². The number of rotatable bonds is 1. The van der Waals surface area contributed by atoms with Crippen LogP contribution in [0.5, 0.6) is 0 Å². The molecule has 0 aliphatic heterocycles. The van der Waals surface area contributed by atoms with E-state index in [1.807, 2.05) is 0 Å². The maximum atomic E-state index is 3.43. The summed E-state index contributed by atoms with van der Waals surface area (Å²) in [6.07, 6.45) is 1.79. The standard InChI is InChI=1S/C3H5Si.B/c1-2-3-4;/h2H,1,3H2;. The van der Waals surface area contributed by atoms with Crippen molar-refractivity contribution in [2.24, 2.45) is 0 Å². The van der Waals surface area contributed by atoms with Gasteiger partial charge in [0.25, 0.3) is 0 Å². The zero-order valence-corrected chi connectivity index (χ0v) is 4.07. The highest BCUT2D eigenvalue weighted by Gasteiger charge is 1.46. The second-order valence-electron chi connectivity index (χ2n) is 0.493. The Bertz CT molecular complexity index is 20.9. The summed E-state index contributed by atoms with van der Waals surface area (Å²) in [6.45, 7) is 3.43. The highest BCUT2D eigenvalue weighted by atomic mass is 28.1. The molecule has 0 atom stereocenters. The molecule has 0 rings (SSSR count). The van der Waals surface area contributed by atoms with Gasteiger partial charge in [0, 0.05) is 18.7 Å². The minimum absolute atomic E-state index is 0. The third-order valence-electron chi connectivity index (χ3n) is 0.144. The monoisotopic (exact) mass is 80.0 g/mol. The first-order valence-corrected chi connectivity index (χ1v) is 1.88. The van der Waals surface area contributed by atoms with E-state index in [4.69, 9.17) is 0 Å². The Labute approximate surface area is 38.3 Å². The molecule has 0 amide bonds. The van der Waals surface area contributed by atoms with Crippen molar-refractivity contribution in [3.63, 3.8) is 0 Å². The summed E-state index contributed by atoms with van der Waals surface area (Å²) >= 11 is 0. The quantitative estimate of drug-likeness (QED) is 0.315. The molecule has 24 valence electrons. The van der Waals surface area contributed by atoms with Gasteiger partial charge in [-0.1, -0.05) is 6.08 Å². The molecular weight excluding hydrogens is 74.9 g/mol. The lowest BCUT2D eigenvalue weighted by Crippen LogP contribution is -1.47. The molecule has 0 aromatic rings. The molecule has 0 aliphatic rings. The van der Waals surface area contributed by atoms with Crippen LogP contribution in [0.1, 0.15) is 0 Å². The fourth-order valence-corrected chi connectivity index (χ4v) is 0. The Balaban J connectivity index is 0. The van der Waals surface area contributed by atoms with Gasteiger partial charge in [-0.15, -0.1) is 6.58 Å². The van der Waals surface area contributed by atoms with Crippen LogP contribution in [-0.4, -0.2) is 18.7 Å². The maximum Gasteiger partial charge on any atom is 0.0275 e. The van der Waals surface area contributed by atoms with E-state index in [2.05, 4.69) is 16.8 Å². The molecule has 0 N–H and O–H groups in total. The number of hydrogen-bond donors (Lipinski definition) is 0. The van der Waals surface area contributed by atoms with Crippen LogP contribution >= 0.6 is 0 Å². The van der Waals surface area contributed by atoms with Gasteiger partial charge in [0.1, 0.15) is 0 Å². The van der Waals surface area contributed by atoms with Crippen LogP contribution in [-0.2, 0) is 0 Å². The fourth-order valence-electron chi connectivity index (χ4n) is 0. The molecule has 0 unspecified atom stereocenters. The molecular formula is C3H5BSi. The molecule has 0 nitrogen and oxygen atoms in total. The first-order valence-electron chi connectivity index (χ1n) is 1.17. The predicted molar refractivity (Wildman–Crippen MR) is 26.5 cm³/mol. The van der Waals surface area contributed by atoms with E-state index in [0.29, 0.717) is 0 Å². The van der Waals surface area contributed by atoms with Crippen molar-refractivity contribution in [3.05, 3.63) is 12.7 Å². The van der Waals surface area contributed by atoms with Crippen LogP contribution in [0.25, 0.3) is 0 Å². The van der Waals surface area contributed by atoms with Crippen molar-refractivity contribution in [2.75, 3.05) is 0 Å². The highest BCUT2D eigenvalue weighted by molar-refractivity contribution is 6.09. The van der Waals surface area contributed by atoms with Crippen LogP contribution in [0, 0.1) is 0 Å². The summed E-state index contributed by atoms with van der Waals surface area (Å²) in [5.41, 5.74) is 0. The molecule has 5 heavy (non-hydrogen) atoms. The SMILES string of the molecule is C=CC[Si].[B]. The average Bonchev–Trinajstić information content (AvgIpc) is 1.37. The van der Waals surface area contributed by atoms with Crippen LogP contribution in [0.15, 0.2) is 12.7 Å². The van der Waals surface area contributed by atoms with Gasteiger partial charge in [-0.2, -0.15) is 0 Å². The van der Waals surface area contributed by atoms with E-state index >= 15 is 0 Å². The summed E-state index contributed by atoms with van der Waals surface area (Å²) in [6, 6.07) is 0.889. The number of hydrogen-bond acceptors (Lipinski definition) is 0. The Morgan fingerprint density at radius 1 is 1.80 bits per heavy atom. The normalized spacial score (nSPS) is 5.00. The third kappa shape index (κ3) is 15.7. The maximum absolute atomic E-state index is 3.43. The Morgan fingerprint density at radius 3 is 2.00 bits per heavy atom. The van der Waals surface area contributed by atoms with Gasteiger partial charge in [-0.3, -0.25) is 0 Å². The van der Waals surface area contributed by atoms with E-state index < -0.39 is 0 Å². The van der Waals surface area contributed by atoms with Gasteiger partial charge in [0.2, 0.25) is 0 Å². The molecule has 0 saturated carbocycles. The molecule has 0 fully saturated rings. The Hall–Kier alpha value is 0.0218. The van der Waals surface area contributed by atoms with Crippen molar-refractivity contribution in [3.8, 4) is 0 Å². The van der Waals surface area contributed by atoms with Gasteiger partial charge < -0.3 is 0 Å². The van der Waals surface area contributed by atoms with E-state index in [1.54, 1.807) is 6.08 Å². The molecule has 0 aromatic heterocycles. The first-order chi connectivity index (χ1) is 1.91. The van der Waals surface area contributed by atoms with Gasteiger partial charge in [0.05, 0.1) is 0 Å². The molecule has 6 radical (unpaired) electrons. The second-order valence-corrected chi connectivity index (χ2v) is 0.901. The van der Waals surface area contributed by atoms with E-state index in [9.17, 15) is 0 Å². The lowest BCUT2D eigenvalue weighted by molar-refractivity contribution is 1.76. The lowest BCUT2D eigenvalue weighted by atomic mass is 10.8. The van der Waals surface area contributed by atoms with Gasteiger partial charge in [-0.05, 0) is 6.04 Å². The van der Waals surface area contributed by atoms with Gasteiger partial charge in [-0.25, -0.2) is 0 Å². The number of allylic oxidation sites excluding steroid dienone is 1. The summed E-state index contributed by atoms with van der Waals surface area (Å²) < 4.78 is 0. The fraction of sp³-hybridized carbons (Fsp3) is 0.333. The first kappa shape index (κ1) is 8.90. The van der Waals surface area contributed by atoms with Crippen molar-refractivity contribution < 1.29 is 0 Å². The van der Waals surface area contributed by atoms with Crippen LogP contribution < -0.4 is 0 Å². The minimum atomic E-state index is 0. The highest BCUT2D eigenvalue weighted by Crippen LogP contribution is 1.61. The Kier molecular flexibility index (Phi) is 16.0. The summed E-state index contributed by atoms with van der Waals surface area (Å²) in [5, 5.41) is 0. The largest absolute Gasteiger partial charge is 0.103 e. The van der Waals surface area contributed by atoms with Crippen molar-refractivity contribution >= 4 is 18.7 Å². The van der Waals surface area contributed by atoms with E-state index in [1.165, 1.54) is 0 Å². The summed E-state index contributed by atoms with van der Waals surface area (Å²) in [7, 11) is 3.17. The van der Waals surface area contributed by atoms with Crippen molar-refractivity contribution in [1.29, 1.82) is 0 Å². The topological polar surface area (TPSA) is 0 Å². The minimum Gasteiger partial charge on any atom is -0.103 e. The molecule has 0 spiro atoms. The van der Waals surface area contributed by atoms with Crippen LogP contribution in [0.3, 0.4) is 0 Å². The van der Waals surface area contributed by atoms with Gasteiger partial charge >= 0.3 is 0 Å². The summed E-state index contributed by atoms with van der Waals surface area (Å²) in [5.74, 6) is 0. The zero-order chi connectivity index (χ0) is 3.41. The lowest BCUT2D eigenvalue weighted by Gasteiger charge is -1.56. The van der Waals surface area contributed by atoms with Crippen LogP contribution in [0.2, 0.25) is 6.04 Å². The molecule has 0 saturated heterocycles. The average molecular weight is 80.0 g/mol. The van der Waals surface area contributed by atoms with Crippen molar-refractivity contribution in [1.82, 2.24) is 0 Å². The molecule has 0 aliphatic carbocycles. The van der Waals surface area contributed by atoms with E-state index in [0.717, 1.165) is 6.04 Å². The predicted octanol–water partition coefficient (Wildman–Crippen LogP) is 0.378. The van der Waals surface area contributed by atoms with Crippen molar-refractivity contribution in [2.45, 2.75) is 6.04 Å². The molecule has 2 heteroatoms. The van der Waals surface area contributed by atoms with Gasteiger partial charge in [0.15, 0.2) is 0 Å². The zero-order valence-electron chi connectivity index (χ0n) is 3.07. The smallest absolute Gasteiger partial charge is 0.0275 e. The Morgan fingerprint density at radius 2 is 2.00 bits per heavy atom. The molecule has 0 aromatic carbocycles. The third-order valence-corrected chi connectivity index (χ3v) is 0.433. The summed E-state index contributed by atoms with van der Waals surface area (Å²) in [4.78, 5) is 0. The van der Waals surface area contributed by atoms with Crippen LogP contribution in [0.4, 0.5) is 0 Å². The molecule has 0 bridgehead atoms. The molecule has 0 heterocycles. The second kappa shape index (κ2) is 8.98.